The average molecular weight is 261 g/mol. The molecule has 3 nitrogen and oxygen atoms in total. The number of benzene rings is 1. The number of hydrogen-bond acceptors (Lipinski definition) is 3. The van der Waals surface area contributed by atoms with Crippen molar-refractivity contribution in [2.45, 2.75) is 46.2 Å². The van der Waals surface area contributed by atoms with E-state index in [0.29, 0.717) is 11.6 Å². The molecule has 2 atom stereocenters. The first kappa shape index (κ1) is 14.1. The molecule has 0 amide bonds. The van der Waals surface area contributed by atoms with Crippen LogP contribution < -0.4 is 0 Å². The number of aromatic hydroxyl groups is 1. The summed E-state index contributed by atoms with van der Waals surface area (Å²) in [5.41, 5.74) is 1.53. The van der Waals surface area contributed by atoms with Crippen LogP contribution in [0.25, 0.3) is 0 Å². The quantitative estimate of drug-likeness (QED) is 0.849. The fourth-order valence-corrected chi connectivity index (χ4v) is 2.84. The summed E-state index contributed by atoms with van der Waals surface area (Å²) in [5.74, 6) is 1.11. The van der Waals surface area contributed by atoms with E-state index in [1.54, 1.807) is 19.1 Å². The zero-order chi connectivity index (χ0) is 14.0. The van der Waals surface area contributed by atoms with Gasteiger partial charge in [-0.15, -0.1) is 0 Å². The smallest absolute Gasteiger partial charge is 0.159 e. The molecule has 2 rings (SSSR count). The lowest BCUT2D eigenvalue weighted by molar-refractivity contribution is 0.101. The Kier molecular flexibility index (Phi) is 4.25. The number of carbonyl (C=O) groups excluding carboxylic acids is 1. The van der Waals surface area contributed by atoms with Crippen molar-refractivity contribution in [1.29, 1.82) is 0 Å². The SMILES string of the molecule is CC(=O)c1ccc(O)c(CN2CCC(C)CC2C)c1. The van der Waals surface area contributed by atoms with Crippen LogP contribution >= 0.6 is 0 Å². The van der Waals surface area contributed by atoms with Crippen molar-refractivity contribution in [3.8, 4) is 5.75 Å². The Balaban J connectivity index is 2.14. The molecule has 104 valence electrons. The molecule has 1 aromatic carbocycles. The van der Waals surface area contributed by atoms with E-state index in [4.69, 9.17) is 0 Å². The molecular formula is C16H23NO2. The summed E-state index contributed by atoms with van der Waals surface area (Å²) in [6, 6.07) is 5.67. The van der Waals surface area contributed by atoms with Gasteiger partial charge in [0.2, 0.25) is 0 Å². The molecule has 1 saturated heterocycles. The Labute approximate surface area is 115 Å². The van der Waals surface area contributed by atoms with E-state index in [1.807, 2.05) is 6.07 Å². The van der Waals surface area contributed by atoms with Gasteiger partial charge in [0.05, 0.1) is 0 Å². The zero-order valence-corrected chi connectivity index (χ0v) is 12.0. The second kappa shape index (κ2) is 5.74. The second-order valence-electron chi connectivity index (χ2n) is 5.85. The summed E-state index contributed by atoms with van der Waals surface area (Å²) in [7, 11) is 0. The fourth-order valence-electron chi connectivity index (χ4n) is 2.84. The molecule has 1 heterocycles. The Morgan fingerprint density at radius 2 is 2.16 bits per heavy atom. The van der Waals surface area contributed by atoms with Crippen molar-refractivity contribution >= 4 is 5.78 Å². The van der Waals surface area contributed by atoms with Crippen molar-refractivity contribution in [3.63, 3.8) is 0 Å². The highest BCUT2D eigenvalue weighted by molar-refractivity contribution is 5.94. The van der Waals surface area contributed by atoms with Crippen LogP contribution in [0.15, 0.2) is 18.2 Å². The van der Waals surface area contributed by atoms with E-state index >= 15 is 0 Å². The van der Waals surface area contributed by atoms with Crippen LogP contribution in [0.2, 0.25) is 0 Å². The van der Waals surface area contributed by atoms with Gasteiger partial charge in [0, 0.05) is 23.7 Å². The molecular weight excluding hydrogens is 238 g/mol. The third-order valence-corrected chi connectivity index (χ3v) is 4.14. The Hall–Kier alpha value is -1.35. The summed E-state index contributed by atoms with van der Waals surface area (Å²) >= 11 is 0. The van der Waals surface area contributed by atoms with Gasteiger partial charge in [0.25, 0.3) is 0 Å². The average Bonchev–Trinajstić information content (AvgIpc) is 2.34. The van der Waals surface area contributed by atoms with E-state index in [2.05, 4.69) is 18.7 Å². The van der Waals surface area contributed by atoms with Crippen molar-refractivity contribution in [3.05, 3.63) is 29.3 Å². The van der Waals surface area contributed by atoms with Gasteiger partial charge in [-0.3, -0.25) is 9.69 Å². The third kappa shape index (κ3) is 3.35. The molecule has 1 N–H and O–H groups in total. The highest BCUT2D eigenvalue weighted by Crippen LogP contribution is 2.27. The number of Topliss-reactive ketones (excluding diaryl/α,β-unsaturated/α-hetero) is 1. The first-order chi connectivity index (χ1) is 8.97. The monoisotopic (exact) mass is 261 g/mol. The van der Waals surface area contributed by atoms with Gasteiger partial charge >= 0.3 is 0 Å². The van der Waals surface area contributed by atoms with Gasteiger partial charge in [-0.05, 0) is 57.4 Å². The molecule has 0 saturated carbocycles. The molecule has 1 fully saturated rings. The van der Waals surface area contributed by atoms with Crippen molar-refractivity contribution in [1.82, 2.24) is 4.90 Å². The molecule has 0 radical (unpaired) electrons. The van der Waals surface area contributed by atoms with Gasteiger partial charge in [-0.25, -0.2) is 0 Å². The van der Waals surface area contributed by atoms with E-state index in [-0.39, 0.29) is 11.5 Å². The maximum absolute atomic E-state index is 11.4. The molecule has 0 bridgehead atoms. The highest BCUT2D eigenvalue weighted by atomic mass is 16.3. The molecule has 0 aromatic heterocycles. The Bertz CT molecular complexity index is 470. The lowest BCUT2D eigenvalue weighted by atomic mass is 9.93. The maximum atomic E-state index is 11.4. The molecule has 19 heavy (non-hydrogen) atoms. The van der Waals surface area contributed by atoms with E-state index in [9.17, 15) is 9.90 Å². The Morgan fingerprint density at radius 1 is 1.42 bits per heavy atom. The number of carbonyl (C=O) groups is 1. The number of phenolic OH excluding ortho intramolecular Hbond substituents is 1. The highest BCUT2D eigenvalue weighted by Gasteiger charge is 2.23. The predicted molar refractivity (Wildman–Crippen MR) is 76.4 cm³/mol. The molecule has 2 unspecified atom stereocenters. The van der Waals surface area contributed by atoms with E-state index in [0.717, 1.165) is 24.6 Å². The van der Waals surface area contributed by atoms with Crippen LogP contribution in [0.5, 0.6) is 5.75 Å². The number of likely N-dealkylation sites (tertiary alicyclic amines) is 1. The Morgan fingerprint density at radius 3 is 2.79 bits per heavy atom. The first-order valence-corrected chi connectivity index (χ1v) is 7.04. The van der Waals surface area contributed by atoms with Gasteiger partial charge in [-0.2, -0.15) is 0 Å². The van der Waals surface area contributed by atoms with Gasteiger partial charge in [0.1, 0.15) is 5.75 Å². The number of phenols is 1. The predicted octanol–water partition coefficient (Wildman–Crippen LogP) is 3.22. The molecule has 1 aromatic rings. The number of hydrogen-bond donors (Lipinski definition) is 1. The lowest BCUT2D eigenvalue weighted by Gasteiger charge is -2.36. The van der Waals surface area contributed by atoms with Crippen LogP contribution in [0.1, 0.15) is 49.5 Å². The van der Waals surface area contributed by atoms with Crippen LogP contribution in [-0.2, 0) is 6.54 Å². The standard InChI is InChI=1S/C16H23NO2/c1-11-6-7-17(12(2)8-11)10-15-9-14(13(3)18)4-5-16(15)19/h4-5,9,11-12,19H,6-8,10H2,1-3H3. The number of ketones is 1. The minimum absolute atomic E-state index is 0.0431. The van der Waals surface area contributed by atoms with Crippen LogP contribution in [-0.4, -0.2) is 28.4 Å². The minimum atomic E-state index is 0.0431. The molecule has 1 aliphatic heterocycles. The van der Waals surface area contributed by atoms with Gasteiger partial charge in [0.15, 0.2) is 5.78 Å². The normalized spacial score (nSPS) is 24.4. The minimum Gasteiger partial charge on any atom is -0.508 e. The van der Waals surface area contributed by atoms with E-state index < -0.39 is 0 Å². The fraction of sp³-hybridized carbons (Fsp3) is 0.562. The van der Waals surface area contributed by atoms with Gasteiger partial charge in [-0.1, -0.05) is 6.92 Å². The van der Waals surface area contributed by atoms with Crippen molar-refractivity contribution < 1.29 is 9.90 Å². The summed E-state index contributed by atoms with van der Waals surface area (Å²) < 4.78 is 0. The third-order valence-electron chi connectivity index (χ3n) is 4.14. The maximum Gasteiger partial charge on any atom is 0.159 e. The zero-order valence-electron chi connectivity index (χ0n) is 12.0. The lowest BCUT2D eigenvalue weighted by Crippen LogP contribution is -2.39. The van der Waals surface area contributed by atoms with Gasteiger partial charge < -0.3 is 5.11 Å². The number of nitrogens with zero attached hydrogens (tertiary/aromatic N) is 1. The summed E-state index contributed by atoms with van der Waals surface area (Å²) in [6.07, 6.45) is 2.41. The summed E-state index contributed by atoms with van der Waals surface area (Å²) in [6.45, 7) is 7.87. The van der Waals surface area contributed by atoms with Crippen LogP contribution in [0.3, 0.4) is 0 Å². The molecule has 3 heteroatoms. The van der Waals surface area contributed by atoms with Crippen molar-refractivity contribution in [2.75, 3.05) is 6.54 Å². The van der Waals surface area contributed by atoms with E-state index in [1.165, 1.54) is 12.8 Å². The molecule has 1 aliphatic rings. The summed E-state index contributed by atoms with van der Waals surface area (Å²) in [4.78, 5) is 13.8. The number of piperidine rings is 1. The van der Waals surface area contributed by atoms with Crippen LogP contribution in [0.4, 0.5) is 0 Å². The van der Waals surface area contributed by atoms with Crippen molar-refractivity contribution in [2.24, 2.45) is 5.92 Å². The van der Waals surface area contributed by atoms with Crippen LogP contribution in [0, 0.1) is 5.92 Å². The topological polar surface area (TPSA) is 40.5 Å². The second-order valence-corrected chi connectivity index (χ2v) is 5.85. The first-order valence-electron chi connectivity index (χ1n) is 7.04. The summed E-state index contributed by atoms with van der Waals surface area (Å²) in [5, 5.41) is 9.95. The molecule has 0 spiro atoms. The molecule has 0 aliphatic carbocycles. The number of rotatable bonds is 3. The largest absolute Gasteiger partial charge is 0.508 e.